The predicted octanol–water partition coefficient (Wildman–Crippen LogP) is 0.755. The fourth-order valence-electron chi connectivity index (χ4n) is 0. The van der Waals surface area contributed by atoms with Crippen LogP contribution in [-0.2, 0) is 0 Å². The van der Waals surface area contributed by atoms with E-state index in [-0.39, 0.29) is 5.48 Å². The van der Waals surface area contributed by atoms with Crippen LogP contribution >= 0.6 is 0 Å². The standard InChI is InChI=1S/C2HF3O.H2O/c3-1(4)2(5)6;/h6H;1H2. The van der Waals surface area contributed by atoms with Gasteiger partial charge in [-0.2, -0.15) is 13.2 Å². The minimum Gasteiger partial charge on any atom is -0.483 e. The highest BCUT2D eigenvalue weighted by atomic mass is 19.3. The number of hydrogen-bond acceptors (Lipinski definition) is 1. The summed E-state index contributed by atoms with van der Waals surface area (Å²) in [6.07, 6.45) is -2.69. The van der Waals surface area contributed by atoms with Crippen LogP contribution in [0.2, 0.25) is 0 Å². The van der Waals surface area contributed by atoms with Crippen LogP contribution in [0.15, 0.2) is 12.1 Å². The van der Waals surface area contributed by atoms with E-state index >= 15 is 0 Å². The van der Waals surface area contributed by atoms with Gasteiger partial charge >= 0.3 is 12.1 Å². The SMILES string of the molecule is O.OC(F)=C(F)F. The van der Waals surface area contributed by atoms with E-state index in [9.17, 15) is 13.2 Å². The molecule has 0 amide bonds. The lowest BCUT2D eigenvalue weighted by Crippen LogP contribution is -1.65. The molecule has 0 aromatic carbocycles. The lowest BCUT2D eigenvalue weighted by atomic mass is 11.0. The van der Waals surface area contributed by atoms with Crippen LogP contribution in [0.5, 0.6) is 0 Å². The minimum atomic E-state index is -2.69. The van der Waals surface area contributed by atoms with Gasteiger partial charge in [-0.25, -0.2) is 0 Å². The molecule has 3 N–H and O–H groups in total. The zero-order valence-electron chi connectivity index (χ0n) is 3.08. The van der Waals surface area contributed by atoms with E-state index in [1.165, 1.54) is 0 Å². The van der Waals surface area contributed by atoms with Gasteiger partial charge in [0, 0.05) is 0 Å². The normalized spacial score (nSPS) is 6.71. The molecule has 0 aromatic heterocycles. The largest absolute Gasteiger partial charge is 0.483 e. The number of halogens is 3. The predicted molar refractivity (Wildman–Crippen MR) is 16.6 cm³/mol. The fourth-order valence-corrected chi connectivity index (χ4v) is 0. The average molecular weight is 116 g/mol. The van der Waals surface area contributed by atoms with Crippen molar-refractivity contribution in [1.82, 2.24) is 0 Å². The summed E-state index contributed by atoms with van der Waals surface area (Å²) in [4.78, 5) is 0. The molecule has 0 aliphatic carbocycles. The molecular weight excluding hydrogens is 113 g/mol. The van der Waals surface area contributed by atoms with Crippen LogP contribution in [0.25, 0.3) is 0 Å². The molecular formula is C2H3F3O2. The Morgan fingerprint density at radius 2 is 1.29 bits per heavy atom. The van der Waals surface area contributed by atoms with Gasteiger partial charge in [-0.3, -0.25) is 0 Å². The Hall–Kier alpha value is -0.710. The van der Waals surface area contributed by atoms with Crippen LogP contribution in [-0.4, -0.2) is 10.6 Å². The molecule has 0 spiro atoms. The zero-order valence-corrected chi connectivity index (χ0v) is 3.08. The first-order valence-electron chi connectivity index (χ1n) is 1.04. The van der Waals surface area contributed by atoms with E-state index in [4.69, 9.17) is 5.11 Å². The molecule has 0 fully saturated rings. The second kappa shape index (κ2) is 3.48. The van der Waals surface area contributed by atoms with Gasteiger partial charge in [0.15, 0.2) is 0 Å². The van der Waals surface area contributed by atoms with Crippen molar-refractivity contribution in [3.05, 3.63) is 12.1 Å². The number of rotatable bonds is 0. The summed E-state index contributed by atoms with van der Waals surface area (Å²) in [5.74, 6) is 0. The second-order valence-electron chi connectivity index (χ2n) is 0.551. The van der Waals surface area contributed by atoms with Crippen molar-refractivity contribution in [1.29, 1.82) is 0 Å². The van der Waals surface area contributed by atoms with Gasteiger partial charge in [0.2, 0.25) is 0 Å². The molecule has 0 saturated heterocycles. The van der Waals surface area contributed by atoms with Gasteiger partial charge in [0.05, 0.1) is 0 Å². The maximum absolute atomic E-state index is 10.5. The van der Waals surface area contributed by atoms with Crippen molar-refractivity contribution in [3.8, 4) is 0 Å². The Morgan fingerprint density at radius 3 is 1.29 bits per heavy atom. The van der Waals surface area contributed by atoms with Crippen LogP contribution in [0.1, 0.15) is 0 Å². The molecule has 2 nitrogen and oxygen atoms in total. The molecule has 0 unspecified atom stereocenters. The summed E-state index contributed by atoms with van der Waals surface area (Å²) in [6, 6.07) is -2.41. The second-order valence-corrected chi connectivity index (χ2v) is 0.551. The third-order valence-corrected chi connectivity index (χ3v) is 0.156. The molecule has 0 saturated carbocycles. The van der Waals surface area contributed by atoms with E-state index in [1.54, 1.807) is 0 Å². The topological polar surface area (TPSA) is 51.7 Å². The first kappa shape index (κ1) is 9.56. The van der Waals surface area contributed by atoms with Gasteiger partial charge in [0.25, 0.3) is 0 Å². The maximum atomic E-state index is 10.5. The Bertz CT molecular complexity index is 61.0. The number of aliphatic hydroxyl groups is 1. The number of aliphatic hydroxyl groups excluding tert-OH is 1. The van der Waals surface area contributed by atoms with E-state index in [0.717, 1.165) is 0 Å². The molecule has 0 aliphatic rings. The van der Waals surface area contributed by atoms with Crippen molar-refractivity contribution >= 4 is 0 Å². The molecule has 44 valence electrons. The summed E-state index contributed by atoms with van der Waals surface area (Å²) in [5.41, 5.74) is 0. The molecule has 0 bridgehead atoms. The van der Waals surface area contributed by atoms with E-state index in [1.807, 2.05) is 0 Å². The Morgan fingerprint density at radius 1 is 1.14 bits per heavy atom. The monoisotopic (exact) mass is 116 g/mol. The molecule has 0 heterocycles. The third-order valence-electron chi connectivity index (χ3n) is 0.156. The molecule has 0 aromatic rings. The quantitative estimate of drug-likeness (QED) is 0.466. The summed E-state index contributed by atoms with van der Waals surface area (Å²) in [7, 11) is 0. The van der Waals surface area contributed by atoms with Gasteiger partial charge in [-0.1, -0.05) is 0 Å². The van der Waals surface area contributed by atoms with Crippen LogP contribution in [0.4, 0.5) is 13.2 Å². The van der Waals surface area contributed by atoms with Gasteiger partial charge in [-0.05, 0) is 0 Å². The molecule has 0 atom stereocenters. The van der Waals surface area contributed by atoms with E-state index in [0.29, 0.717) is 0 Å². The Labute approximate surface area is 37.2 Å². The first-order chi connectivity index (χ1) is 2.64. The van der Waals surface area contributed by atoms with Crippen LogP contribution in [0.3, 0.4) is 0 Å². The van der Waals surface area contributed by atoms with Gasteiger partial charge < -0.3 is 10.6 Å². The molecule has 7 heavy (non-hydrogen) atoms. The maximum Gasteiger partial charge on any atom is 0.341 e. The molecule has 0 radical (unpaired) electrons. The van der Waals surface area contributed by atoms with Crippen molar-refractivity contribution < 1.29 is 23.8 Å². The zero-order chi connectivity index (χ0) is 5.15. The Kier molecular flexibility index (Phi) is 4.75. The summed E-state index contributed by atoms with van der Waals surface area (Å²) < 4.78 is 31.3. The summed E-state index contributed by atoms with van der Waals surface area (Å²) >= 11 is 0. The van der Waals surface area contributed by atoms with Crippen molar-refractivity contribution in [3.63, 3.8) is 0 Å². The fraction of sp³-hybridized carbons (Fsp3) is 0. The first-order valence-corrected chi connectivity index (χ1v) is 1.04. The highest BCUT2D eigenvalue weighted by Gasteiger charge is 1.96. The van der Waals surface area contributed by atoms with Gasteiger partial charge in [0.1, 0.15) is 0 Å². The van der Waals surface area contributed by atoms with Crippen LogP contribution in [0, 0.1) is 0 Å². The van der Waals surface area contributed by atoms with E-state index < -0.39 is 12.1 Å². The summed E-state index contributed by atoms with van der Waals surface area (Å²) in [5, 5.41) is 7.09. The number of hydrogen-bond donors (Lipinski definition) is 1. The summed E-state index contributed by atoms with van der Waals surface area (Å²) in [6.45, 7) is 0. The smallest absolute Gasteiger partial charge is 0.341 e. The van der Waals surface area contributed by atoms with Gasteiger partial charge in [-0.15, -0.1) is 0 Å². The molecule has 5 heteroatoms. The van der Waals surface area contributed by atoms with Crippen LogP contribution < -0.4 is 0 Å². The highest BCUT2D eigenvalue weighted by molar-refractivity contribution is 4.76. The minimum absolute atomic E-state index is 0. The highest BCUT2D eigenvalue weighted by Crippen LogP contribution is 2.02. The lowest BCUT2D eigenvalue weighted by Gasteiger charge is -1.73. The lowest BCUT2D eigenvalue weighted by molar-refractivity contribution is 0.225. The van der Waals surface area contributed by atoms with Crippen molar-refractivity contribution in [2.45, 2.75) is 0 Å². The molecule has 0 rings (SSSR count). The van der Waals surface area contributed by atoms with Crippen molar-refractivity contribution in [2.75, 3.05) is 0 Å². The van der Waals surface area contributed by atoms with E-state index in [2.05, 4.69) is 0 Å². The Balaban J connectivity index is 0. The third kappa shape index (κ3) is 5.29. The van der Waals surface area contributed by atoms with Crippen molar-refractivity contribution in [2.24, 2.45) is 0 Å². The average Bonchev–Trinajstić information content (AvgIpc) is 1.36. The molecule has 0 aliphatic heterocycles.